The lowest BCUT2D eigenvalue weighted by Crippen LogP contribution is -2.34. The predicted molar refractivity (Wildman–Crippen MR) is 108 cm³/mol. The lowest BCUT2D eigenvalue weighted by atomic mass is 10.1. The van der Waals surface area contributed by atoms with Crippen molar-refractivity contribution >= 4 is 22.8 Å². The fourth-order valence-corrected chi connectivity index (χ4v) is 3.57. The molecule has 1 aromatic heterocycles. The van der Waals surface area contributed by atoms with Gasteiger partial charge in [-0.05, 0) is 37.6 Å². The summed E-state index contributed by atoms with van der Waals surface area (Å²) in [6.07, 6.45) is 2.43. The van der Waals surface area contributed by atoms with Gasteiger partial charge in [-0.25, -0.2) is 4.98 Å². The van der Waals surface area contributed by atoms with Crippen LogP contribution in [0.2, 0.25) is 0 Å². The summed E-state index contributed by atoms with van der Waals surface area (Å²) in [5.74, 6) is -0.154. The van der Waals surface area contributed by atoms with Gasteiger partial charge in [0.05, 0.1) is 28.8 Å². The molecule has 2 amide bonds. The molecule has 1 aliphatic rings. The van der Waals surface area contributed by atoms with Gasteiger partial charge in [0.2, 0.25) is 5.91 Å². The van der Waals surface area contributed by atoms with E-state index in [2.05, 4.69) is 15.3 Å². The number of fused-ring (bicyclic) bond motifs is 1. The second-order valence-electron chi connectivity index (χ2n) is 6.96. The Morgan fingerprint density at radius 3 is 2.79 bits per heavy atom. The van der Waals surface area contributed by atoms with Crippen LogP contribution in [0.1, 0.15) is 23.7 Å². The van der Waals surface area contributed by atoms with Crippen molar-refractivity contribution in [1.82, 2.24) is 20.2 Å². The molecule has 1 N–H and O–H groups in total. The number of likely N-dealkylation sites (tertiary alicyclic amines) is 1. The SMILES string of the molecule is CCNC(=O)[C@@H]1CCN(C(=O)c2cccc(-c3cnc4ccccc4n3)c2)C1. The Labute approximate surface area is 163 Å². The summed E-state index contributed by atoms with van der Waals surface area (Å²) >= 11 is 0. The number of nitrogens with one attached hydrogen (secondary N) is 1. The van der Waals surface area contributed by atoms with Gasteiger partial charge in [0.1, 0.15) is 0 Å². The average Bonchev–Trinajstić information content (AvgIpc) is 3.23. The number of amides is 2. The highest BCUT2D eigenvalue weighted by Gasteiger charge is 2.31. The number of hydrogen-bond acceptors (Lipinski definition) is 4. The molecule has 2 heterocycles. The predicted octanol–water partition coefficient (Wildman–Crippen LogP) is 2.90. The van der Waals surface area contributed by atoms with E-state index in [0.29, 0.717) is 31.6 Å². The molecule has 1 aliphatic heterocycles. The third-order valence-electron chi connectivity index (χ3n) is 5.05. The van der Waals surface area contributed by atoms with Gasteiger partial charge in [-0.1, -0.05) is 24.3 Å². The van der Waals surface area contributed by atoms with Crippen LogP contribution < -0.4 is 5.32 Å². The van der Waals surface area contributed by atoms with Crippen molar-refractivity contribution in [3.05, 3.63) is 60.3 Å². The summed E-state index contributed by atoms with van der Waals surface area (Å²) in [5, 5.41) is 2.84. The maximum absolute atomic E-state index is 12.9. The van der Waals surface area contributed by atoms with Crippen molar-refractivity contribution in [3.8, 4) is 11.3 Å². The molecule has 1 fully saturated rings. The van der Waals surface area contributed by atoms with E-state index < -0.39 is 0 Å². The highest BCUT2D eigenvalue weighted by atomic mass is 16.2. The van der Waals surface area contributed by atoms with Gasteiger partial charge in [-0.15, -0.1) is 0 Å². The summed E-state index contributed by atoms with van der Waals surface area (Å²) in [7, 11) is 0. The van der Waals surface area contributed by atoms with E-state index in [0.717, 1.165) is 22.3 Å². The molecule has 6 heteroatoms. The van der Waals surface area contributed by atoms with Crippen LogP contribution in [0.4, 0.5) is 0 Å². The molecule has 3 aromatic rings. The molecule has 142 valence electrons. The molecular formula is C22H22N4O2. The minimum Gasteiger partial charge on any atom is -0.356 e. The van der Waals surface area contributed by atoms with Crippen LogP contribution in [0.3, 0.4) is 0 Å². The fraction of sp³-hybridized carbons (Fsp3) is 0.273. The zero-order valence-corrected chi connectivity index (χ0v) is 15.8. The first-order valence-corrected chi connectivity index (χ1v) is 9.55. The zero-order chi connectivity index (χ0) is 19.5. The molecule has 0 bridgehead atoms. The Morgan fingerprint density at radius 1 is 1.14 bits per heavy atom. The molecule has 0 radical (unpaired) electrons. The number of hydrogen-bond donors (Lipinski definition) is 1. The maximum atomic E-state index is 12.9. The monoisotopic (exact) mass is 374 g/mol. The van der Waals surface area contributed by atoms with E-state index in [9.17, 15) is 9.59 Å². The van der Waals surface area contributed by atoms with Crippen molar-refractivity contribution in [2.45, 2.75) is 13.3 Å². The number of rotatable bonds is 4. The van der Waals surface area contributed by atoms with Crippen molar-refractivity contribution in [1.29, 1.82) is 0 Å². The number of nitrogens with zero attached hydrogens (tertiary/aromatic N) is 3. The lowest BCUT2D eigenvalue weighted by molar-refractivity contribution is -0.124. The van der Waals surface area contributed by atoms with Crippen molar-refractivity contribution in [2.24, 2.45) is 5.92 Å². The smallest absolute Gasteiger partial charge is 0.253 e. The molecule has 2 aromatic carbocycles. The second-order valence-corrected chi connectivity index (χ2v) is 6.96. The average molecular weight is 374 g/mol. The van der Waals surface area contributed by atoms with E-state index in [4.69, 9.17) is 0 Å². The van der Waals surface area contributed by atoms with Crippen LogP contribution in [0, 0.1) is 5.92 Å². The summed E-state index contributed by atoms with van der Waals surface area (Å²) in [6, 6.07) is 15.1. The normalized spacial score (nSPS) is 16.3. The number of aromatic nitrogens is 2. The van der Waals surface area contributed by atoms with E-state index >= 15 is 0 Å². The van der Waals surface area contributed by atoms with Gasteiger partial charge in [-0.3, -0.25) is 14.6 Å². The van der Waals surface area contributed by atoms with Crippen LogP contribution in [-0.4, -0.2) is 46.3 Å². The first-order valence-electron chi connectivity index (χ1n) is 9.55. The van der Waals surface area contributed by atoms with Crippen LogP contribution in [-0.2, 0) is 4.79 Å². The van der Waals surface area contributed by atoms with Crippen LogP contribution >= 0.6 is 0 Å². The summed E-state index contributed by atoms with van der Waals surface area (Å²) in [4.78, 5) is 35.8. The van der Waals surface area contributed by atoms with Crippen molar-refractivity contribution < 1.29 is 9.59 Å². The van der Waals surface area contributed by atoms with Crippen molar-refractivity contribution in [2.75, 3.05) is 19.6 Å². The Kier molecular flexibility index (Phi) is 5.02. The molecule has 1 saturated heterocycles. The van der Waals surface area contributed by atoms with Crippen LogP contribution in [0.25, 0.3) is 22.3 Å². The fourth-order valence-electron chi connectivity index (χ4n) is 3.57. The minimum absolute atomic E-state index is 0.0259. The first-order chi connectivity index (χ1) is 13.7. The second kappa shape index (κ2) is 7.76. The van der Waals surface area contributed by atoms with E-state index in [1.807, 2.05) is 49.4 Å². The topological polar surface area (TPSA) is 75.2 Å². The third kappa shape index (κ3) is 3.58. The first kappa shape index (κ1) is 18.1. The number of para-hydroxylation sites is 2. The molecule has 0 unspecified atom stereocenters. The molecule has 0 aliphatic carbocycles. The molecule has 4 rings (SSSR count). The van der Waals surface area contributed by atoms with Gasteiger partial charge < -0.3 is 10.2 Å². The number of carbonyl (C=O) groups excluding carboxylic acids is 2. The van der Waals surface area contributed by atoms with E-state index in [1.54, 1.807) is 17.2 Å². The van der Waals surface area contributed by atoms with Gasteiger partial charge in [0, 0.05) is 30.8 Å². The number of carbonyl (C=O) groups is 2. The molecule has 0 saturated carbocycles. The Morgan fingerprint density at radius 2 is 1.96 bits per heavy atom. The lowest BCUT2D eigenvalue weighted by Gasteiger charge is -2.17. The van der Waals surface area contributed by atoms with Crippen LogP contribution in [0.15, 0.2) is 54.7 Å². The molecule has 0 spiro atoms. The van der Waals surface area contributed by atoms with E-state index in [1.165, 1.54) is 0 Å². The Balaban J connectivity index is 1.55. The quantitative estimate of drug-likeness (QED) is 0.762. The zero-order valence-electron chi connectivity index (χ0n) is 15.8. The van der Waals surface area contributed by atoms with Gasteiger partial charge in [0.25, 0.3) is 5.91 Å². The largest absolute Gasteiger partial charge is 0.356 e. The highest BCUT2D eigenvalue weighted by molar-refractivity contribution is 5.96. The van der Waals surface area contributed by atoms with E-state index in [-0.39, 0.29) is 17.7 Å². The molecular weight excluding hydrogens is 352 g/mol. The highest BCUT2D eigenvalue weighted by Crippen LogP contribution is 2.23. The maximum Gasteiger partial charge on any atom is 0.253 e. The molecule has 1 atom stereocenters. The Bertz CT molecular complexity index is 1030. The number of benzene rings is 2. The summed E-state index contributed by atoms with van der Waals surface area (Å²) in [6.45, 7) is 3.57. The van der Waals surface area contributed by atoms with Gasteiger partial charge in [-0.2, -0.15) is 0 Å². The summed E-state index contributed by atoms with van der Waals surface area (Å²) in [5.41, 5.74) is 3.84. The minimum atomic E-state index is -0.126. The van der Waals surface area contributed by atoms with Crippen molar-refractivity contribution in [3.63, 3.8) is 0 Å². The summed E-state index contributed by atoms with van der Waals surface area (Å²) < 4.78 is 0. The molecule has 6 nitrogen and oxygen atoms in total. The Hall–Kier alpha value is -3.28. The van der Waals surface area contributed by atoms with Crippen LogP contribution in [0.5, 0.6) is 0 Å². The third-order valence-corrected chi connectivity index (χ3v) is 5.05. The van der Waals surface area contributed by atoms with Gasteiger partial charge in [0.15, 0.2) is 0 Å². The molecule has 28 heavy (non-hydrogen) atoms. The standard InChI is InChI=1S/C22H22N4O2/c1-2-23-21(27)17-10-11-26(14-17)22(28)16-7-5-6-15(12-16)20-13-24-18-8-3-4-9-19(18)25-20/h3-9,12-13,17H,2,10-11,14H2,1H3,(H,23,27)/t17-/m1/s1. The van der Waals surface area contributed by atoms with Gasteiger partial charge >= 0.3 is 0 Å².